The molecule has 0 aromatic carbocycles. The molecule has 146 valence electrons. The number of hydrogen-bond donors (Lipinski definition) is 0. The van der Waals surface area contributed by atoms with Crippen molar-refractivity contribution in [2.75, 3.05) is 31.1 Å². The highest BCUT2D eigenvalue weighted by molar-refractivity contribution is 7.91. The van der Waals surface area contributed by atoms with Crippen molar-refractivity contribution in [3.05, 3.63) is 17.0 Å². The molecule has 26 heavy (non-hydrogen) atoms. The molecule has 1 aromatic rings. The van der Waals surface area contributed by atoms with Crippen molar-refractivity contribution in [1.29, 1.82) is 0 Å². The first kappa shape index (κ1) is 18.4. The third kappa shape index (κ3) is 3.45. The summed E-state index contributed by atoms with van der Waals surface area (Å²) in [6, 6.07) is 0.654. The van der Waals surface area contributed by atoms with Crippen molar-refractivity contribution in [2.45, 2.75) is 65.2 Å². The number of sulfone groups is 1. The second-order valence-electron chi connectivity index (χ2n) is 8.81. The second-order valence-corrected chi connectivity index (χ2v) is 11.0. The van der Waals surface area contributed by atoms with Gasteiger partial charge in [0, 0.05) is 55.6 Å². The maximum absolute atomic E-state index is 12.4. The third-order valence-electron chi connectivity index (χ3n) is 6.42. The Labute approximate surface area is 157 Å². The molecule has 2 aliphatic heterocycles. The molecule has 0 unspecified atom stereocenters. The van der Waals surface area contributed by atoms with Gasteiger partial charge in [0.2, 0.25) is 0 Å². The Bertz CT molecular complexity index is 782. The number of aryl methyl sites for hydroxylation is 1. The van der Waals surface area contributed by atoms with Gasteiger partial charge in [-0.05, 0) is 46.5 Å². The fourth-order valence-corrected chi connectivity index (χ4v) is 6.83. The molecule has 7 heteroatoms. The van der Waals surface area contributed by atoms with Crippen molar-refractivity contribution in [2.24, 2.45) is 5.92 Å². The van der Waals surface area contributed by atoms with Crippen molar-refractivity contribution in [1.82, 2.24) is 19.6 Å². The summed E-state index contributed by atoms with van der Waals surface area (Å²) in [4.78, 5) is 4.89. The molecule has 2 saturated heterocycles. The molecule has 1 aliphatic carbocycles. The van der Waals surface area contributed by atoms with Crippen LogP contribution in [-0.4, -0.2) is 71.2 Å². The van der Waals surface area contributed by atoms with E-state index in [2.05, 4.69) is 42.2 Å². The van der Waals surface area contributed by atoms with Crippen LogP contribution < -0.4 is 0 Å². The first-order valence-electron chi connectivity index (χ1n) is 9.98. The lowest BCUT2D eigenvalue weighted by Gasteiger charge is -2.44. The van der Waals surface area contributed by atoms with Gasteiger partial charge in [-0.3, -0.25) is 14.5 Å². The molecule has 1 aromatic heterocycles. The van der Waals surface area contributed by atoms with E-state index in [9.17, 15) is 8.42 Å². The van der Waals surface area contributed by atoms with Crippen LogP contribution in [0.1, 0.15) is 49.7 Å². The number of fused-ring (bicyclic) bond motifs is 1. The van der Waals surface area contributed by atoms with Gasteiger partial charge in [-0.25, -0.2) is 8.42 Å². The standard InChI is InChI=1S/C19H32N4O2S/c1-13(2)23-15(4)17(14(3)20-23)10-22-8-7-21(9-16-5-6-16)18-11-26(24,25)12-19(18)22/h13,16,18-19H,5-12H2,1-4H3/t18-,19+/m1/s1. The smallest absolute Gasteiger partial charge is 0.153 e. The minimum absolute atomic E-state index is 0.133. The van der Waals surface area contributed by atoms with Crippen molar-refractivity contribution in [3.63, 3.8) is 0 Å². The monoisotopic (exact) mass is 380 g/mol. The van der Waals surface area contributed by atoms with E-state index < -0.39 is 9.84 Å². The highest BCUT2D eigenvalue weighted by Crippen LogP contribution is 2.35. The number of aromatic nitrogens is 2. The molecule has 0 amide bonds. The number of piperazine rings is 1. The van der Waals surface area contributed by atoms with Crippen LogP contribution in [0.15, 0.2) is 0 Å². The van der Waals surface area contributed by atoms with Gasteiger partial charge in [-0.15, -0.1) is 0 Å². The van der Waals surface area contributed by atoms with Gasteiger partial charge in [0.15, 0.2) is 9.84 Å². The summed E-state index contributed by atoms with van der Waals surface area (Å²) in [5.74, 6) is 1.46. The molecule has 0 bridgehead atoms. The third-order valence-corrected chi connectivity index (χ3v) is 8.12. The number of rotatable bonds is 5. The zero-order valence-electron chi connectivity index (χ0n) is 16.5. The normalized spacial score (nSPS) is 29.4. The van der Waals surface area contributed by atoms with Gasteiger partial charge in [-0.2, -0.15) is 5.10 Å². The fourth-order valence-electron chi connectivity index (χ4n) is 4.78. The van der Waals surface area contributed by atoms with Gasteiger partial charge in [-0.1, -0.05) is 0 Å². The van der Waals surface area contributed by atoms with Gasteiger partial charge in [0.05, 0.1) is 17.2 Å². The highest BCUT2D eigenvalue weighted by Gasteiger charge is 2.47. The lowest BCUT2D eigenvalue weighted by molar-refractivity contribution is 0.0374. The molecular weight excluding hydrogens is 348 g/mol. The molecule has 2 atom stereocenters. The molecule has 0 N–H and O–H groups in total. The van der Waals surface area contributed by atoms with Crippen molar-refractivity contribution >= 4 is 9.84 Å². The van der Waals surface area contributed by atoms with Gasteiger partial charge >= 0.3 is 0 Å². The Hall–Kier alpha value is -0.920. The minimum Gasteiger partial charge on any atom is -0.296 e. The minimum atomic E-state index is -2.93. The molecule has 0 spiro atoms. The summed E-state index contributed by atoms with van der Waals surface area (Å²) in [6.07, 6.45) is 2.63. The predicted octanol–water partition coefficient (Wildman–Crippen LogP) is 1.77. The van der Waals surface area contributed by atoms with E-state index in [1.54, 1.807) is 0 Å². The maximum atomic E-state index is 12.4. The summed E-state index contributed by atoms with van der Waals surface area (Å²) in [5.41, 5.74) is 3.57. The van der Waals surface area contributed by atoms with Crippen LogP contribution in [0.5, 0.6) is 0 Å². The van der Waals surface area contributed by atoms with Crippen LogP contribution >= 0.6 is 0 Å². The zero-order chi connectivity index (χ0) is 18.6. The molecule has 6 nitrogen and oxygen atoms in total. The van der Waals surface area contributed by atoms with Gasteiger partial charge < -0.3 is 0 Å². The predicted molar refractivity (Wildman–Crippen MR) is 103 cm³/mol. The van der Waals surface area contributed by atoms with Gasteiger partial charge in [0.25, 0.3) is 0 Å². The average Bonchev–Trinajstić information content (AvgIpc) is 3.24. The summed E-state index contributed by atoms with van der Waals surface area (Å²) in [5, 5.41) is 4.71. The topological polar surface area (TPSA) is 58.4 Å². The Kier molecular flexibility index (Phi) is 4.68. The Morgan fingerprint density at radius 3 is 2.27 bits per heavy atom. The molecule has 1 saturated carbocycles. The molecule has 3 fully saturated rings. The van der Waals surface area contributed by atoms with E-state index in [1.807, 2.05) is 0 Å². The van der Waals surface area contributed by atoms with Crippen LogP contribution in [0.2, 0.25) is 0 Å². The van der Waals surface area contributed by atoms with E-state index in [-0.39, 0.29) is 12.1 Å². The van der Waals surface area contributed by atoms with Gasteiger partial charge in [0.1, 0.15) is 0 Å². The molecule has 3 heterocycles. The SMILES string of the molecule is Cc1nn(C(C)C)c(C)c1CN1CCN(CC2CC2)[C@@H]2CS(=O)(=O)C[C@@H]21. The van der Waals surface area contributed by atoms with E-state index in [0.717, 1.165) is 37.8 Å². The molecule has 0 radical (unpaired) electrons. The second kappa shape index (κ2) is 6.60. The zero-order valence-corrected chi connectivity index (χ0v) is 17.3. The summed E-state index contributed by atoms with van der Waals surface area (Å²) in [6.45, 7) is 12.4. The summed E-state index contributed by atoms with van der Waals surface area (Å²) in [7, 11) is -2.93. The van der Waals surface area contributed by atoms with Crippen LogP contribution in [0.3, 0.4) is 0 Å². The van der Waals surface area contributed by atoms with Crippen LogP contribution in [0.4, 0.5) is 0 Å². The summed E-state index contributed by atoms with van der Waals surface area (Å²) < 4.78 is 26.9. The van der Waals surface area contributed by atoms with E-state index in [0.29, 0.717) is 17.5 Å². The summed E-state index contributed by atoms with van der Waals surface area (Å²) >= 11 is 0. The first-order chi connectivity index (χ1) is 12.2. The van der Waals surface area contributed by atoms with Crippen LogP contribution in [0, 0.1) is 19.8 Å². The quantitative estimate of drug-likeness (QED) is 0.779. The van der Waals surface area contributed by atoms with Crippen molar-refractivity contribution in [3.8, 4) is 0 Å². The van der Waals surface area contributed by atoms with Crippen molar-refractivity contribution < 1.29 is 8.42 Å². The lowest BCUT2D eigenvalue weighted by atomic mass is 10.0. The fraction of sp³-hybridized carbons (Fsp3) is 0.842. The highest BCUT2D eigenvalue weighted by atomic mass is 32.2. The van der Waals surface area contributed by atoms with E-state index in [4.69, 9.17) is 5.10 Å². The molecule has 4 rings (SSSR count). The number of hydrogen-bond acceptors (Lipinski definition) is 5. The average molecular weight is 381 g/mol. The van der Waals surface area contributed by atoms with E-state index >= 15 is 0 Å². The Morgan fingerprint density at radius 2 is 1.69 bits per heavy atom. The maximum Gasteiger partial charge on any atom is 0.153 e. The molecule has 3 aliphatic rings. The first-order valence-corrected chi connectivity index (χ1v) is 11.8. The largest absolute Gasteiger partial charge is 0.296 e. The Morgan fingerprint density at radius 1 is 1.08 bits per heavy atom. The number of nitrogens with zero attached hydrogens (tertiary/aromatic N) is 4. The lowest BCUT2D eigenvalue weighted by Crippen LogP contribution is -2.59. The van der Waals surface area contributed by atoms with E-state index in [1.165, 1.54) is 24.1 Å². The Balaban J connectivity index is 1.56. The van der Waals surface area contributed by atoms with Crippen LogP contribution in [-0.2, 0) is 16.4 Å². The molecular formula is C19H32N4O2S. The van der Waals surface area contributed by atoms with Crippen LogP contribution in [0.25, 0.3) is 0 Å².